The molecule has 0 aliphatic carbocycles. The fourth-order valence-corrected chi connectivity index (χ4v) is 2.12. The molecule has 0 fully saturated rings. The fourth-order valence-electron chi connectivity index (χ4n) is 2.12. The molecule has 2 rings (SSSR count). The predicted octanol–water partition coefficient (Wildman–Crippen LogP) is 1.77. The summed E-state index contributed by atoms with van der Waals surface area (Å²) in [5.41, 5.74) is 2.65. The zero-order chi connectivity index (χ0) is 13.7. The van der Waals surface area contributed by atoms with E-state index in [9.17, 15) is 0 Å². The van der Waals surface area contributed by atoms with Gasteiger partial charge >= 0.3 is 0 Å². The van der Waals surface area contributed by atoms with Crippen LogP contribution in [0.15, 0.2) is 36.7 Å². The molecule has 0 amide bonds. The summed E-state index contributed by atoms with van der Waals surface area (Å²) in [7, 11) is 6.12. The number of nitrogens with one attached hydrogen (secondary N) is 1. The Morgan fingerprint density at radius 1 is 1.16 bits per heavy atom. The van der Waals surface area contributed by atoms with Crippen LogP contribution in [0.3, 0.4) is 0 Å². The average molecular weight is 258 g/mol. The number of aryl methyl sites for hydroxylation is 1. The lowest BCUT2D eigenvalue weighted by Crippen LogP contribution is -2.19. The van der Waals surface area contributed by atoms with Gasteiger partial charge in [0, 0.05) is 32.5 Å². The number of aromatic nitrogens is 2. The predicted molar refractivity (Wildman–Crippen MR) is 77.6 cm³/mol. The molecule has 1 aromatic heterocycles. The second-order valence-electron chi connectivity index (χ2n) is 4.97. The molecule has 0 radical (unpaired) electrons. The van der Waals surface area contributed by atoms with Crippen molar-refractivity contribution >= 4 is 0 Å². The van der Waals surface area contributed by atoms with Crippen LogP contribution in [-0.2, 0) is 26.7 Å². The van der Waals surface area contributed by atoms with Crippen LogP contribution in [0.4, 0.5) is 0 Å². The van der Waals surface area contributed by atoms with E-state index in [1.54, 1.807) is 0 Å². The van der Waals surface area contributed by atoms with Crippen molar-refractivity contribution in [3.63, 3.8) is 0 Å². The summed E-state index contributed by atoms with van der Waals surface area (Å²) in [6, 6.07) is 8.75. The van der Waals surface area contributed by atoms with E-state index >= 15 is 0 Å². The molecule has 1 heterocycles. The van der Waals surface area contributed by atoms with Crippen LogP contribution in [0, 0.1) is 0 Å². The van der Waals surface area contributed by atoms with Crippen molar-refractivity contribution < 1.29 is 0 Å². The molecule has 2 aromatic rings. The number of rotatable bonds is 6. The molecular weight excluding hydrogens is 236 g/mol. The molecule has 0 saturated heterocycles. The van der Waals surface area contributed by atoms with Gasteiger partial charge < -0.3 is 9.88 Å². The summed E-state index contributed by atoms with van der Waals surface area (Å²) in [5.74, 6) is 1.09. The van der Waals surface area contributed by atoms with E-state index < -0.39 is 0 Å². The van der Waals surface area contributed by atoms with Gasteiger partial charge in [-0.15, -0.1) is 0 Å². The van der Waals surface area contributed by atoms with Crippen LogP contribution in [-0.4, -0.2) is 28.5 Å². The quantitative estimate of drug-likeness (QED) is 0.857. The van der Waals surface area contributed by atoms with E-state index in [1.807, 2.05) is 26.5 Å². The van der Waals surface area contributed by atoms with Gasteiger partial charge in [-0.1, -0.05) is 24.3 Å². The first-order chi connectivity index (χ1) is 9.19. The highest BCUT2D eigenvalue weighted by molar-refractivity contribution is 5.22. The molecule has 0 saturated carbocycles. The molecule has 4 heteroatoms. The second-order valence-corrected chi connectivity index (χ2v) is 4.97. The molecule has 102 valence electrons. The number of imidazole rings is 1. The molecule has 0 atom stereocenters. The van der Waals surface area contributed by atoms with Gasteiger partial charge in [0.1, 0.15) is 5.82 Å². The van der Waals surface area contributed by atoms with E-state index in [0.717, 1.165) is 25.5 Å². The van der Waals surface area contributed by atoms with Crippen molar-refractivity contribution in [3.8, 4) is 0 Å². The van der Waals surface area contributed by atoms with E-state index in [-0.39, 0.29) is 0 Å². The lowest BCUT2D eigenvalue weighted by Gasteiger charge is -2.16. The molecule has 0 bridgehead atoms. The van der Waals surface area contributed by atoms with E-state index in [4.69, 9.17) is 0 Å². The fraction of sp³-hybridized carbons (Fsp3) is 0.400. The van der Waals surface area contributed by atoms with Gasteiger partial charge in [0.2, 0.25) is 0 Å². The van der Waals surface area contributed by atoms with Crippen LogP contribution in [0.25, 0.3) is 0 Å². The lowest BCUT2D eigenvalue weighted by atomic mass is 10.1. The smallest absolute Gasteiger partial charge is 0.122 e. The van der Waals surface area contributed by atoms with Gasteiger partial charge in [-0.05, 0) is 25.2 Å². The van der Waals surface area contributed by atoms with Crippen molar-refractivity contribution in [2.75, 3.05) is 14.1 Å². The molecule has 0 unspecified atom stereocenters. The number of hydrogen-bond donors (Lipinski definition) is 1. The maximum atomic E-state index is 4.35. The highest BCUT2D eigenvalue weighted by atomic mass is 15.1. The van der Waals surface area contributed by atoms with E-state index in [0.29, 0.717) is 0 Å². The second kappa shape index (κ2) is 6.50. The first-order valence-electron chi connectivity index (χ1n) is 6.56. The number of benzene rings is 1. The van der Waals surface area contributed by atoms with Crippen LogP contribution in [0.5, 0.6) is 0 Å². The minimum atomic E-state index is 0.863. The molecule has 19 heavy (non-hydrogen) atoms. The van der Waals surface area contributed by atoms with Gasteiger partial charge in [-0.2, -0.15) is 0 Å². The van der Waals surface area contributed by atoms with Gasteiger partial charge in [0.15, 0.2) is 0 Å². The molecular formula is C15H22N4. The Morgan fingerprint density at radius 2 is 1.84 bits per heavy atom. The van der Waals surface area contributed by atoms with Gasteiger partial charge in [-0.25, -0.2) is 4.98 Å². The third kappa shape index (κ3) is 3.91. The Labute approximate surface area is 115 Å². The molecule has 0 aliphatic rings. The summed E-state index contributed by atoms with van der Waals surface area (Å²) in [6.07, 6.45) is 3.82. The summed E-state index contributed by atoms with van der Waals surface area (Å²) in [4.78, 5) is 6.62. The molecule has 4 nitrogen and oxygen atoms in total. The third-order valence-electron chi connectivity index (χ3n) is 3.19. The van der Waals surface area contributed by atoms with Crippen LogP contribution in [0.2, 0.25) is 0 Å². The molecule has 1 N–H and O–H groups in total. The van der Waals surface area contributed by atoms with Crippen molar-refractivity contribution in [1.29, 1.82) is 0 Å². The van der Waals surface area contributed by atoms with Gasteiger partial charge in [0.25, 0.3) is 0 Å². The largest absolute Gasteiger partial charge is 0.337 e. The zero-order valence-corrected chi connectivity index (χ0v) is 11.9. The summed E-state index contributed by atoms with van der Waals surface area (Å²) < 4.78 is 2.06. The van der Waals surface area contributed by atoms with E-state index in [2.05, 4.69) is 51.1 Å². The molecule has 1 aromatic carbocycles. The maximum Gasteiger partial charge on any atom is 0.122 e. The Kier molecular flexibility index (Phi) is 4.71. The molecule has 0 aliphatic heterocycles. The third-order valence-corrected chi connectivity index (χ3v) is 3.19. The van der Waals surface area contributed by atoms with Crippen LogP contribution >= 0.6 is 0 Å². The van der Waals surface area contributed by atoms with Crippen molar-refractivity contribution in [2.24, 2.45) is 7.05 Å². The first-order valence-corrected chi connectivity index (χ1v) is 6.56. The highest BCUT2D eigenvalue weighted by Crippen LogP contribution is 2.08. The summed E-state index contributed by atoms with van der Waals surface area (Å²) in [5, 5.41) is 3.16. The molecule has 0 spiro atoms. The Balaban J connectivity index is 1.91. The number of nitrogens with zero attached hydrogens (tertiary/aromatic N) is 3. The first kappa shape index (κ1) is 13.8. The lowest BCUT2D eigenvalue weighted by molar-refractivity contribution is 0.307. The SMILES string of the molecule is CNCc1ccc(CN(C)Cc2nccn2C)cc1. The van der Waals surface area contributed by atoms with Crippen LogP contribution < -0.4 is 5.32 Å². The van der Waals surface area contributed by atoms with Crippen molar-refractivity contribution in [1.82, 2.24) is 19.8 Å². The van der Waals surface area contributed by atoms with E-state index in [1.165, 1.54) is 11.1 Å². The van der Waals surface area contributed by atoms with Gasteiger partial charge in [0.05, 0.1) is 6.54 Å². The topological polar surface area (TPSA) is 33.1 Å². The summed E-state index contributed by atoms with van der Waals surface area (Å²) in [6.45, 7) is 2.72. The Bertz CT molecular complexity index is 501. The number of hydrogen-bond acceptors (Lipinski definition) is 3. The normalized spacial score (nSPS) is 11.2. The Morgan fingerprint density at radius 3 is 2.42 bits per heavy atom. The van der Waals surface area contributed by atoms with Gasteiger partial charge in [-0.3, -0.25) is 4.90 Å². The average Bonchev–Trinajstić information content (AvgIpc) is 2.78. The summed E-state index contributed by atoms with van der Waals surface area (Å²) >= 11 is 0. The minimum Gasteiger partial charge on any atom is -0.337 e. The maximum absolute atomic E-state index is 4.35. The van der Waals surface area contributed by atoms with Crippen molar-refractivity contribution in [3.05, 3.63) is 53.6 Å². The Hall–Kier alpha value is -1.65. The standard InChI is InChI=1S/C15H22N4/c1-16-10-13-4-6-14(7-5-13)11-18(2)12-15-17-8-9-19(15)3/h4-9,16H,10-12H2,1-3H3. The monoisotopic (exact) mass is 258 g/mol. The highest BCUT2D eigenvalue weighted by Gasteiger charge is 2.05. The zero-order valence-electron chi connectivity index (χ0n) is 11.9. The minimum absolute atomic E-state index is 0.863. The van der Waals surface area contributed by atoms with Crippen LogP contribution in [0.1, 0.15) is 17.0 Å². The van der Waals surface area contributed by atoms with Crippen molar-refractivity contribution in [2.45, 2.75) is 19.6 Å².